The third kappa shape index (κ3) is 3.42. The van der Waals surface area contributed by atoms with Crippen LogP contribution in [0.15, 0.2) is 54.7 Å². The molecular formula is C21H19NO4. The van der Waals surface area contributed by atoms with Crippen LogP contribution in [0.2, 0.25) is 0 Å². The van der Waals surface area contributed by atoms with Gasteiger partial charge in [-0.05, 0) is 35.6 Å². The molecule has 1 heterocycles. The van der Waals surface area contributed by atoms with Gasteiger partial charge in [-0.3, -0.25) is 9.78 Å². The van der Waals surface area contributed by atoms with E-state index < -0.39 is 11.9 Å². The van der Waals surface area contributed by atoms with Crippen molar-refractivity contribution in [2.75, 3.05) is 7.11 Å². The number of carbonyl (C=O) groups is 2. The summed E-state index contributed by atoms with van der Waals surface area (Å²) in [5.41, 5.74) is 2.94. The van der Waals surface area contributed by atoms with Gasteiger partial charge in [-0.2, -0.15) is 0 Å². The summed E-state index contributed by atoms with van der Waals surface area (Å²) in [5.74, 6) is -1.64. The molecule has 0 radical (unpaired) electrons. The Morgan fingerprint density at radius 1 is 1.08 bits per heavy atom. The number of carbonyl (C=O) groups excluding carboxylic acids is 1. The normalized spacial score (nSPS) is 11.9. The lowest BCUT2D eigenvalue weighted by Crippen LogP contribution is -2.12. The maximum Gasteiger partial charge on any atom is 0.335 e. The van der Waals surface area contributed by atoms with E-state index in [-0.39, 0.29) is 11.5 Å². The van der Waals surface area contributed by atoms with E-state index in [0.29, 0.717) is 6.42 Å². The molecule has 0 amide bonds. The van der Waals surface area contributed by atoms with Gasteiger partial charge in [-0.25, -0.2) is 4.79 Å². The van der Waals surface area contributed by atoms with Gasteiger partial charge in [0, 0.05) is 18.0 Å². The summed E-state index contributed by atoms with van der Waals surface area (Å²) in [4.78, 5) is 27.5. The van der Waals surface area contributed by atoms with Crippen molar-refractivity contribution < 1.29 is 19.4 Å². The summed E-state index contributed by atoms with van der Waals surface area (Å²) in [6.07, 6.45) is 2.30. The molecule has 1 atom stereocenters. The van der Waals surface area contributed by atoms with Crippen LogP contribution in [0.4, 0.5) is 0 Å². The number of nitrogens with zero attached hydrogens (tertiary/aromatic N) is 1. The summed E-state index contributed by atoms with van der Waals surface area (Å²) in [5, 5.41) is 10.9. The van der Waals surface area contributed by atoms with Crippen molar-refractivity contribution in [3.8, 4) is 0 Å². The van der Waals surface area contributed by atoms with E-state index >= 15 is 0 Å². The smallest absolute Gasteiger partial charge is 0.335 e. The van der Waals surface area contributed by atoms with Crippen LogP contribution in [0.1, 0.15) is 40.0 Å². The maximum absolute atomic E-state index is 11.9. The largest absolute Gasteiger partial charge is 0.478 e. The zero-order valence-electron chi connectivity index (χ0n) is 14.6. The average Bonchev–Trinajstić information content (AvgIpc) is 2.67. The molecule has 0 bridgehead atoms. The van der Waals surface area contributed by atoms with Crippen molar-refractivity contribution in [1.29, 1.82) is 0 Å². The van der Waals surface area contributed by atoms with Crippen LogP contribution < -0.4 is 0 Å². The highest BCUT2D eigenvalue weighted by molar-refractivity contribution is 5.92. The zero-order valence-corrected chi connectivity index (χ0v) is 14.6. The molecule has 2 aromatic carbocycles. The molecule has 0 aliphatic carbocycles. The number of hydrogen-bond acceptors (Lipinski definition) is 4. The molecule has 5 heteroatoms. The molecule has 0 fully saturated rings. The van der Waals surface area contributed by atoms with Crippen LogP contribution in [0.25, 0.3) is 10.8 Å². The number of aromatic carboxylic acids is 1. The highest BCUT2D eigenvalue weighted by Gasteiger charge is 2.19. The van der Waals surface area contributed by atoms with Gasteiger partial charge in [0.05, 0.1) is 24.3 Å². The van der Waals surface area contributed by atoms with Gasteiger partial charge in [0.15, 0.2) is 0 Å². The first-order chi connectivity index (χ1) is 12.5. The predicted octanol–water partition coefficient (Wildman–Crippen LogP) is 3.80. The fraction of sp³-hybridized carbons (Fsp3) is 0.190. The number of fused-ring (bicyclic) bond motifs is 1. The average molecular weight is 349 g/mol. The molecular weight excluding hydrogens is 330 g/mol. The first kappa shape index (κ1) is 17.6. The number of benzene rings is 2. The van der Waals surface area contributed by atoms with E-state index in [9.17, 15) is 9.59 Å². The number of hydrogen-bond donors (Lipinski definition) is 1. The molecule has 26 heavy (non-hydrogen) atoms. The first-order valence-electron chi connectivity index (χ1n) is 8.28. The van der Waals surface area contributed by atoms with Crippen molar-refractivity contribution in [2.45, 2.75) is 19.3 Å². The van der Waals surface area contributed by atoms with Crippen LogP contribution >= 0.6 is 0 Å². The number of carboxylic acids is 1. The Morgan fingerprint density at radius 3 is 2.35 bits per heavy atom. The Kier molecular flexibility index (Phi) is 4.98. The second-order valence-corrected chi connectivity index (χ2v) is 6.13. The van der Waals surface area contributed by atoms with Crippen molar-refractivity contribution in [3.63, 3.8) is 0 Å². The van der Waals surface area contributed by atoms with Crippen molar-refractivity contribution in [3.05, 3.63) is 77.1 Å². The SMILES string of the molecule is COC(=O)C(C)c1cnc(Cc2ccc(C(=O)O)cc2)c2ccccc12. The number of esters is 1. The topological polar surface area (TPSA) is 76.5 Å². The van der Waals surface area contributed by atoms with Crippen molar-refractivity contribution >= 4 is 22.7 Å². The Balaban J connectivity index is 2.00. The van der Waals surface area contributed by atoms with E-state index in [1.807, 2.05) is 24.3 Å². The molecule has 3 aromatic rings. The van der Waals surface area contributed by atoms with Gasteiger partial charge < -0.3 is 9.84 Å². The minimum absolute atomic E-state index is 0.258. The van der Waals surface area contributed by atoms with Gasteiger partial charge in [-0.15, -0.1) is 0 Å². The van der Waals surface area contributed by atoms with Crippen LogP contribution in [-0.2, 0) is 16.0 Å². The first-order valence-corrected chi connectivity index (χ1v) is 8.28. The molecule has 0 aliphatic rings. The van der Waals surface area contributed by atoms with Gasteiger partial charge in [-0.1, -0.05) is 36.4 Å². The summed E-state index contributed by atoms with van der Waals surface area (Å²) in [7, 11) is 1.38. The number of pyridine rings is 1. The van der Waals surface area contributed by atoms with E-state index in [2.05, 4.69) is 4.98 Å². The second-order valence-electron chi connectivity index (χ2n) is 6.13. The number of methoxy groups -OCH3 is 1. The third-order valence-corrected chi connectivity index (χ3v) is 4.50. The number of ether oxygens (including phenoxy) is 1. The lowest BCUT2D eigenvalue weighted by Gasteiger charge is -2.14. The predicted molar refractivity (Wildman–Crippen MR) is 98.4 cm³/mol. The lowest BCUT2D eigenvalue weighted by atomic mass is 9.94. The Labute approximate surface area is 151 Å². The lowest BCUT2D eigenvalue weighted by molar-refractivity contribution is -0.141. The molecule has 3 rings (SSSR count). The van der Waals surface area contributed by atoms with E-state index in [1.165, 1.54) is 7.11 Å². The van der Waals surface area contributed by atoms with Gasteiger partial charge >= 0.3 is 11.9 Å². The molecule has 0 saturated carbocycles. The van der Waals surface area contributed by atoms with E-state index in [4.69, 9.17) is 9.84 Å². The Morgan fingerprint density at radius 2 is 1.73 bits per heavy atom. The summed E-state index contributed by atoms with van der Waals surface area (Å²) in [6.45, 7) is 1.81. The second kappa shape index (κ2) is 7.35. The molecule has 1 aromatic heterocycles. The molecule has 1 unspecified atom stereocenters. The summed E-state index contributed by atoms with van der Waals surface area (Å²) in [6, 6.07) is 14.6. The van der Waals surface area contributed by atoms with E-state index in [1.54, 1.807) is 37.4 Å². The minimum Gasteiger partial charge on any atom is -0.478 e. The molecule has 0 spiro atoms. The molecule has 132 valence electrons. The minimum atomic E-state index is -0.943. The third-order valence-electron chi connectivity index (χ3n) is 4.50. The quantitative estimate of drug-likeness (QED) is 0.709. The Bertz CT molecular complexity index is 963. The van der Waals surface area contributed by atoms with Gasteiger partial charge in [0.2, 0.25) is 0 Å². The summed E-state index contributed by atoms with van der Waals surface area (Å²) < 4.78 is 4.86. The van der Waals surface area contributed by atoms with Gasteiger partial charge in [0.25, 0.3) is 0 Å². The van der Waals surface area contributed by atoms with E-state index in [0.717, 1.165) is 27.6 Å². The fourth-order valence-corrected chi connectivity index (χ4v) is 3.02. The van der Waals surface area contributed by atoms with Crippen LogP contribution in [0.5, 0.6) is 0 Å². The highest BCUT2D eigenvalue weighted by Crippen LogP contribution is 2.28. The fourth-order valence-electron chi connectivity index (χ4n) is 3.02. The molecule has 0 aliphatic heterocycles. The molecule has 5 nitrogen and oxygen atoms in total. The molecule has 1 N–H and O–H groups in total. The zero-order chi connectivity index (χ0) is 18.7. The van der Waals surface area contributed by atoms with Crippen LogP contribution in [0.3, 0.4) is 0 Å². The van der Waals surface area contributed by atoms with Crippen LogP contribution in [0, 0.1) is 0 Å². The van der Waals surface area contributed by atoms with Crippen LogP contribution in [-0.4, -0.2) is 29.1 Å². The van der Waals surface area contributed by atoms with Crippen molar-refractivity contribution in [1.82, 2.24) is 4.98 Å². The number of rotatable bonds is 5. The number of aromatic nitrogens is 1. The highest BCUT2D eigenvalue weighted by atomic mass is 16.5. The van der Waals surface area contributed by atoms with Crippen molar-refractivity contribution in [2.24, 2.45) is 0 Å². The standard InChI is InChI=1S/C21H19NO4/c1-13(21(25)26-2)18-12-22-19(17-6-4-3-5-16(17)18)11-14-7-9-15(10-8-14)20(23)24/h3-10,12-13H,11H2,1-2H3,(H,23,24). The number of carboxylic acid groups (broad SMARTS) is 1. The summed E-state index contributed by atoms with van der Waals surface area (Å²) >= 11 is 0. The Hall–Kier alpha value is -3.21. The van der Waals surface area contributed by atoms with Gasteiger partial charge in [0.1, 0.15) is 0 Å². The monoisotopic (exact) mass is 349 g/mol. The molecule has 0 saturated heterocycles. The maximum atomic E-state index is 11.9.